The molecule has 0 aliphatic carbocycles. The molecule has 2 aromatic carbocycles. The Bertz CT molecular complexity index is 861. The molecule has 1 unspecified atom stereocenters. The van der Waals surface area contributed by atoms with E-state index in [4.69, 9.17) is 0 Å². The maximum Gasteiger partial charge on any atom is 0.250 e. The Labute approximate surface area is 174 Å². The average Bonchev–Trinajstić information content (AvgIpc) is 2.74. The standard InChI is InChI=1S/C24H32N4O/c1-18(22(29)25-4)23-27(17-19-12-8-6-9-13-19)21(20-14-10-7-11-15-20)16-24(2,3)28(23)26-5/h6-15,21,26H,16-17H2,1-5H3,(H,25,29)/b23-18+. The van der Waals surface area contributed by atoms with Gasteiger partial charge in [-0.1, -0.05) is 60.7 Å². The molecule has 2 aromatic rings. The molecule has 0 bridgehead atoms. The molecule has 1 aliphatic rings. The lowest BCUT2D eigenvalue weighted by Gasteiger charge is -2.54. The number of benzene rings is 2. The number of carbonyl (C=O) groups is 1. The maximum atomic E-state index is 12.7. The van der Waals surface area contributed by atoms with E-state index in [9.17, 15) is 4.79 Å². The summed E-state index contributed by atoms with van der Waals surface area (Å²) < 4.78 is 0. The smallest absolute Gasteiger partial charge is 0.250 e. The highest BCUT2D eigenvalue weighted by Crippen LogP contribution is 2.43. The Kier molecular flexibility index (Phi) is 6.28. The average molecular weight is 393 g/mol. The Morgan fingerprint density at radius 2 is 1.62 bits per heavy atom. The van der Waals surface area contributed by atoms with Crippen molar-refractivity contribution in [3.8, 4) is 0 Å². The number of hydrazine groups is 1. The van der Waals surface area contributed by atoms with Crippen LogP contribution in [0.1, 0.15) is 44.4 Å². The fraction of sp³-hybridized carbons (Fsp3) is 0.375. The van der Waals surface area contributed by atoms with Crippen molar-refractivity contribution in [3.05, 3.63) is 83.2 Å². The molecule has 3 rings (SSSR count). The number of likely N-dealkylation sites (N-methyl/N-ethyl adjacent to an activating group) is 1. The molecule has 5 heteroatoms. The number of hydrogen-bond donors (Lipinski definition) is 2. The normalized spacial score (nSPS) is 20.4. The van der Waals surface area contributed by atoms with Crippen molar-refractivity contribution in [2.24, 2.45) is 0 Å². The fourth-order valence-electron chi connectivity index (χ4n) is 4.26. The topological polar surface area (TPSA) is 47.6 Å². The summed E-state index contributed by atoms with van der Waals surface area (Å²) in [5.41, 5.74) is 6.35. The van der Waals surface area contributed by atoms with Gasteiger partial charge in [-0.25, -0.2) is 5.43 Å². The number of amides is 1. The first-order chi connectivity index (χ1) is 13.9. The summed E-state index contributed by atoms with van der Waals surface area (Å²) in [6.07, 6.45) is 0.926. The summed E-state index contributed by atoms with van der Waals surface area (Å²) in [7, 11) is 3.60. The van der Waals surface area contributed by atoms with Gasteiger partial charge in [0.05, 0.1) is 17.2 Å². The van der Waals surface area contributed by atoms with Gasteiger partial charge in [0.1, 0.15) is 5.82 Å². The molecule has 1 amide bonds. The van der Waals surface area contributed by atoms with Crippen LogP contribution in [-0.4, -0.2) is 35.5 Å². The molecule has 0 aromatic heterocycles. The first kappa shape index (κ1) is 20.9. The van der Waals surface area contributed by atoms with Crippen LogP contribution in [0.15, 0.2) is 72.1 Å². The van der Waals surface area contributed by atoms with Crippen LogP contribution < -0.4 is 10.7 Å². The van der Waals surface area contributed by atoms with E-state index in [1.165, 1.54) is 11.1 Å². The van der Waals surface area contributed by atoms with Crippen molar-refractivity contribution in [1.29, 1.82) is 0 Å². The molecule has 2 N–H and O–H groups in total. The second-order valence-corrected chi connectivity index (χ2v) is 8.14. The van der Waals surface area contributed by atoms with E-state index < -0.39 is 0 Å². The second kappa shape index (κ2) is 8.70. The first-order valence-corrected chi connectivity index (χ1v) is 10.1. The first-order valence-electron chi connectivity index (χ1n) is 10.1. The van der Waals surface area contributed by atoms with E-state index in [1.807, 2.05) is 26.1 Å². The summed E-state index contributed by atoms with van der Waals surface area (Å²) in [5.74, 6) is 0.851. The van der Waals surface area contributed by atoms with Crippen LogP contribution in [-0.2, 0) is 11.3 Å². The molecule has 0 saturated carbocycles. The van der Waals surface area contributed by atoms with Gasteiger partial charge >= 0.3 is 0 Å². The van der Waals surface area contributed by atoms with Crippen LogP contribution in [0.2, 0.25) is 0 Å². The third-order valence-corrected chi connectivity index (χ3v) is 5.67. The summed E-state index contributed by atoms with van der Waals surface area (Å²) in [6.45, 7) is 7.06. The van der Waals surface area contributed by atoms with Crippen LogP contribution in [0.4, 0.5) is 0 Å². The number of hydrogen-bond acceptors (Lipinski definition) is 4. The highest BCUT2D eigenvalue weighted by atomic mass is 16.1. The molecular formula is C24H32N4O. The molecule has 154 valence electrons. The molecule has 1 aliphatic heterocycles. The van der Waals surface area contributed by atoms with Gasteiger partial charge in [0.25, 0.3) is 0 Å². The predicted octanol–water partition coefficient (Wildman–Crippen LogP) is 3.83. The monoisotopic (exact) mass is 392 g/mol. The van der Waals surface area contributed by atoms with Crippen molar-refractivity contribution >= 4 is 5.91 Å². The molecule has 1 saturated heterocycles. The van der Waals surface area contributed by atoms with Gasteiger partial charge < -0.3 is 10.2 Å². The van der Waals surface area contributed by atoms with Gasteiger partial charge in [-0.2, -0.15) is 0 Å². The molecule has 5 nitrogen and oxygen atoms in total. The van der Waals surface area contributed by atoms with Crippen molar-refractivity contribution in [2.75, 3.05) is 14.1 Å². The highest BCUT2D eigenvalue weighted by Gasteiger charge is 2.43. The Hall–Kier alpha value is -2.79. The predicted molar refractivity (Wildman–Crippen MR) is 118 cm³/mol. The lowest BCUT2D eigenvalue weighted by Crippen LogP contribution is -2.60. The minimum Gasteiger partial charge on any atom is -0.355 e. The molecule has 0 radical (unpaired) electrons. The summed E-state index contributed by atoms with van der Waals surface area (Å²) in [4.78, 5) is 15.0. The molecule has 1 atom stereocenters. The molecular weight excluding hydrogens is 360 g/mol. The number of carbonyl (C=O) groups excluding carboxylic acids is 1. The van der Waals surface area contributed by atoms with Crippen molar-refractivity contribution in [3.63, 3.8) is 0 Å². The van der Waals surface area contributed by atoms with Crippen molar-refractivity contribution in [2.45, 2.75) is 45.3 Å². The van der Waals surface area contributed by atoms with Crippen LogP contribution in [0.25, 0.3) is 0 Å². The van der Waals surface area contributed by atoms with Crippen LogP contribution in [0, 0.1) is 0 Å². The fourth-order valence-corrected chi connectivity index (χ4v) is 4.26. The maximum absolute atomic E-state index is 12.7. The number of nitrogens with zero attached hydrogens (tertiary/aromatic N) is 2. The van der Waals surface area contributed by atoms with Gasteiger partial charge in [0.15, 0.2) is 0 Å². The number of nitrogens with one attached hydrogen (secondary N) is 2. The lowest BCUT2D eigenvalue weighted by molar-refractivity contribution is -0.117. The Morgan fingerprint density at radius 3 is 2.17 bits per heavy atom. The van der Waals surface area contributed by atoms with E-state index in [2.05, 4.69) is 83.0 Å². The zero-order valence-electron chi connectivity index (χ0n) is 18.1. The van der Waals surface area contributed by atoms with E-state index in [-0.39, 0.29) is 17.5 Å². The molecule has 1 fully saturated rings. The van der Waals surface area contributed by atoms with E-state index in [1.54, 1.807) is 7.05 Å². The van der Waals surface area contributed by atoms with Crippen LogP contribution in [0.5, 0.6) is 0 Å². The minimum atomic E-state index is -0.174. The van der Waals surface area contributed by atoms with Gasteiger partial charge in [-0.05, 0) is 38.3 Å². The van der Waals surface area contributed by atoms with Gasteiger partial charge in [-0.15, -0.1) is 0 Å². The quantitative estimate of drug-likeness (QED) is 0.760. The lowest BCUT2D eigenvalue weighted by atomic mass is 9.85. The van der Waals surface area contributed by atoms with Gasteiger partial charge in [0, 0.05) is 20.6 Å². The van der Waals surface area contributed by atoms with Gasteiger partial charge in [-0.3, -0.25) is 9.80 Å². The zero-order valence-corrected chi connectivity index (χ0v) is 18.1. The van der Waals surface area contributed by atoms with Gasteiger partial charge in [0.2, 0.25) is 5.91 Å². The molecule has 29 heavy (non-hydrogen) atoms. The third-order valence-electron chi connectivity index (χ3n) is 5.67. The summed E-state index contributed by atoms with van der Waals surface area (Å²) >= 11 is 0. The van der Waals surface area contributed by atoms with E-state index in [0.717, 1.165) is 18.8 Å². The minimum absolute atomic E-state index is 0.0668. The number of rotatable bonds is 5. The van der Waals surface area contributed by atoms with Crippen LogP contribution in [0.3, 0.4) is 0 Å². The summed E-state index contributed by atoms with van der Waals surface area (Å²) in [6, 6.07) is 21.2. The largest absolute Gasteiger partial charge is 0.355 e. The van der Waals surface area contributed by atoms with Crippen molar-refractivity contribution in [1.82, 2.24) is 20.7 Å². The summed E-state index contributed by atoms with van der Waals surface area (Å²) in [5, 5.41) is 4.93. The Balaban J connectivity index is 2.18. The molecule has 0 spiro atoms. The van der Waals surface area contributed by atoms with E-state index >= 15 is 0 Å². The second-order valence-electron chi connectivity index (χ2n) is 8.14. The highest BCUT2D eigenvalue weighted by molar-refractivity contribution is 5.93. The SMILES string of the molecule is CNC(=O)/C(C)=C1\N(Cc2ccccc2)C(c2ccccc2)CC(C)(C)N1NC. The van der Waals surface area contributed by atoms with E-state index in [0.29, 0.717) is 5.57 Å². The zero-order chi connectivity index (χ0) is 21.0. The van der Waals surface area contributed by atoms with Crippen molar-refractivity contribution < 1.29 is 4.79 Å². The third kappa shape index (κ3) is 4.30. The van der Waals surface area contributed by atoms with Crippen LogP contribution >= 0.6 is 0 Å². The Morgan fingerprint density at radius 1 is 1.03 bits per heavy atom. The molecule has 1 heterocycles.